The van der Waals surface area contributed by atoms with E-state index in [4.69, 9.17) is 21.6 Å². The van der Waals surface area contributed by atoms with Crippen molar-refractivity contribution >= 4 is 22.5 Å². The van der Waals surface area contributed by atoms with Crippen LogP contribution in [0, 0.1) is 11.3 Å². The molecule has 0 aliphatic rings. The van der Waals surface area contributed by atoms with E-state index >= 15 is 0 Å². The number of aromatic nitrogens is 2. The van der Waals surface area contributed by atoms with Gasteiger partial charge in [0.25, 0.3) is 0 Å². The largest absolute Gasteiger partial charge is 0.453 e. The number of halogens is 1. The molecule has 3 rings (SSSR count). The van der Waals surface area contributed by atoms with Gasteiger partial charge in [0.1, 0.15) is 23.0 Å². The van der Waals surface area contributed by atoms with Crippen molar-refractivity contribution in [1.82, 2.24) is 9.97 Å². The Morgan fingerprint density at radius 3 is 2.75 bits per heavy atom. The van der Waals surface area contributed by atoms with Crippen LogP contribution in [0.2, 0.25) is 5.02 Å². The molecule has 0 fully saturated rings. The number of hydrogen-bond donors (Lipinski definition) is 0. The first-order chi connectivity index (χ1) is 9.78. The molecule has 0 saturated heterocycles. The summed E-state index contributed by atoms with van der Waals surface area (Å²) < 4.78 is 5.75. The van der Waals surface area contributed by atoms with E-state index in [-0.39, 0.29) is 0 Å². The number of rotatable bonds is 2. The van der Waals surface area contributed by atoms with Gasteiger partial charge in [-0.2, -0.15) is 5.26 Å². The zero-order valence-electron chi connectivity index (χ0n) is 10.2. The number of fused-ring (bicyclic) bond motifs is 1. The van der Waals surface area contributed by atoms with E-state index in [9.17, 15) is 0 Å². The van der Waals surface area contributed by atoms with E-state index < -0.39 is 0 Å². The second-order valence-corrected chi connectivity index (χ2v) is 4.45. The highest BCUT2D eigenvalue weighted by Gasteiger charge is 2.08. The van der Waals surface area contributed by atoms with E-state index in [1.54, 1.807) is 30.5 Å². The highest BCUT2D eigenvalue weighted by Crippen LogP contribution is 2.32. The van der Waals surface area contributed by atoms with Crippen molar-refractivity contribution in [3.05, 3.63) is 59.5 Å². The van der Waals surface area contributed by atoms with E-state index in [1.807, 2.05) is 18.2 Å². The van der Waals surface area contributed by atoms with Gasteiger partial charge < -0.3 is 4.74 Å². The Morgan fingerprint density at radius 1 is 1.10 bits per heavy atom. The molecule has 0 bridgehead atoms. The van der Waals surface area contributed by atoms with Crippen molar-refractivity contribution in [2.24, 2.45) is 0 Å². The van der Waals surface area contributed by atoms with Gasteiger partial charge in [-0.25, -0.2) is 4.98 Å². The Kier molecular flexibility index (Phi) is 3.20. The molecule has 96 valence electrons. The Bertz CT molecular complexity index is 809. The molecule has 0 amide bonds. The van der Waals surface area contributed by atoms with Crippen molar-refractivity contribution in [3.63, 3.8) is 0 Å². The van der Waals surface area contributed by atoms with Crippen LogP contribution in [0.1, 0.15) is 5.69 Å². The monoisotopic (exact) mass is 281 g/mol. The lowest BCUT2D eigenvalue weighted by atomic mass is 10.2. The quantitative estimate of drug-likeness (QED) is 0.714. The maximum Gasteiger partial charge on any atom is 0.153 e. The summed E-state index contributed by atoms with van der Waals surface area (Å²) in [5.41, 5.74) is 1.03. The van der Waals surface area contributed by atoms with Crippen LogP contribution >= 0.6 is 11.6 Å². The summed E-state index contributed by atoms with van der Waals surface area (Å²) in [4.78, 5) is 8.25. The third-order valence-electron chi connectivity index (χ3n) is 2.76. The summed E-state index contributed by atoms with van der Waals surface area (Å²) in [5.74, 6) is 1.13. The number of nitrogens with zero attached hydrogens (tertiary/aromatic N) is 3. The van der Waals surface area contributed by atoms with Gasteiger partial charge in [-0.15, -0.1) is 0 Å². The fourth-order valence-corrected chi connectivity index (χ4v) is 2.04. The average Bonchev–Trinajstić information content (AvgIpc) is 2.51. The van der Waals surface area contributed by atoms with Crippen LogP contribution in [0.25, 0.3) is 10.9 Å². The molecule has 0 atom stereocenters. The number of benzene rings is 1. The number of nitriles is 1. The van der Waals surface area contributed by atoms with Gasteiger partial charge >= 0.3 is 0 Å². The Morgan fingerprint density at radius 2 is 2.00 bits per heavy atom. The molecule has 2 heterocycles. The van der Waals surface area contributed by atoms with Gasteiger partial charge in [-0.05, 0) is 36.4 Å². The lowest BCUT2D eigenvalue weighted by Crippen LogP contribution is -1.90. The summed E-state index contributed by atoms with van der Waals surface area (Å²) in [6.07, 6.45) is 3.19. The highest BCUT2D eigenvalue weighted by atomic mass is 35.5. The number of hydrogen-bond acceptors (Lipinski definition) is 4. The molecule has 5 heteroatoms. The second kappa shape index (κ2) is 5.16. The van der Waals surface area contributed by atoms with Gasteiger partial charge in [0, 0.05) is 11.6 Å². The molecule has 0 aliphatic carbocycles. The molecule has 0 saturated carbocycles. The molecule has 0 radical (unpaired) electrons. The van der Waals surface area contributed by atoms with E-state index in [0.29, 0.717) is 27.7 Å². The topological polar surface area (TPSA) is 58.8 Å². The minimum atomic E-state index is 0.344. The molecule has 20 heavy (non-hydrogen) atoms. The fraction of sp³-hybridized carbons (Fsp3) is 0. The molecule has 3 aromatic rings. The van der Waals surface area contributed by atoms with Crippen LogP contribution in [-0.2, 0) is 0 Å². The predicted octanol–water partition coefficient (Wildman–Crippen LogP) is 3.95. The van der Waals surface area contributed by atoms with Gasteiger partial charge in [0.2, 0.25) is 0 Å². The molecule has 0 N–H and O–H groups in total. The fourth-order valence-electron chi connectivity index (χ4n) is 1.83. The average molecular weight is 282 g/mol. The van der Waals surface area contributed by atoms with E-state index in [2.05, 4.69) is 9.97 Å². The van der Waals surface area contributed by atoms with Gasteiger partial charge in [-0.1, -0.05) is 11.6 Å². The normalized spacial score (nSPS) is 10.2. The molecular weight excluding hydrogens is 274 g/mol. The highest BCUT2D eigenvalue weighted by molar-refractivity contribution is 6.35. The first-order valence-electron chi connectivity index (χ1n) is 5.85. The third-order valence-corrected chi connectivity index (χ3v) is 3.09. The predicted molar refractivity (Wildman–Crippen MR) is 75.8 cm³/mol. The molecule has 0 aliphatic heterocycles. The standard InChI is InChI=1S/C15H8ClN3O/c16-13-5-6-14(15-12(13)2-1-7-18-15)20-11-4-3-10(8-17)19-9-11/h1-7,9H. The van der Waals surface area contributed by atoms with Crippen LogP contribution < -0.4 is 4.74 Å². The first kappa shape index (κ1) is 12.4. The zero-order chi connectivity index (χ0) is 13.9. The Labute approximate surface area is 120 Å². The Hall–Kier alpha value is -2.64. The minimum Gasteiger partial charge on any atom is -0.453 e. The van der Waals surface area contributed by atoms with Crippen LogP contribution in [0.4, 0.5) is 0 Å². The van der Waals surface area contributed by atoms with Gasteiger partial charge in [0.05, 0.1) is 11.2 Å². The lowest BCUT2D eigenvalue weighted by Gasteiger charge is -2.08. The third kappa shape index (κ3) is 2.27. The lowest BCUT2D eigenvalue weighted by molar-refractivity contribution is 0.484. The van der Waals surface area contributed by atoms with Gasteiger partial charge in [-0.3, -0.25) is 4.98 Å². The van der Waals surface area contributed by atoms with Crippen LogP contribution in [0.5, 0.6) is 11.5 Å². The molecule has 0 spiro atoms. The summed E-state index contributed by atoms with van der Waals surface area (Å²) in [5, 5.41) is 10.2. The number of ether oxygens (including phenoxy) is 1. The molecule has 0 unspecified atom stereocenters. The SMILES string of the molecule is N#Cc1ccc(Oc2ccc(Cl)c3cccnc23)cn1. The van der Waals surface area contributed by atoms with E-state index in [0.717, 1.165) is 5.39 Å². The maximum atomic E-state index is 8.71. The first-order valence-corrected chi connectivity index (χ1v) is 6.23. The zero-order valence-corrected chi connectivity index (χ0v) is 11.0. The summed E-state index contributed by atoms with van der Waals surface area (Å²) in [6.45, 7) is 0. The molecular formula is C15H8ClN3O. The van der Waals surface area contributed by atoms with Crippen molar-refractivity contribution in [2.75, 3.05) is 0 Å². The Balaban J connectivity index is 2.02. The van der Waals surface area contributed by atoms with Crippen LogP contribution in [0.15, 0.2) is 48.8 Å². The van der Waals surface area contributed by atoms with Crippen LogP contribution in [0.3, 0.4) is 0 Å². The summed E-state index contributed by atoms with van der Waals surface area (Å²) in [7, 11) is 0. The van der Waals surface area contributed by atoms with Crippen molar-refractivity contribution < 1.29 is 4.74 Å². The summed E-state index contributed by atoms with van der Waals surface area (Å²) >= 11 is 6.13. The van der Waals surface area contributed by atoms with Crippen molar-refractivity contribution in [1.29, 1.82) is 5.26 Å². The van der Waals surface area contributed by atoms with Crippen LogP contribution in [-0.4, -0.2) is 9.97 Å². The number of pyridine rings is 2. The smallest absolute Gasteiger partial charge is 0.153 e. The van der Waals surface area contributed by atoms with Gasteiger partial charge in [0.15, 0.2) is 5.75 Å². The molecule has 2 aromatic heterocycles. The molecule has 4 nitrogen and oxygen atoms in total. The van der Waals surface area contributed by atoms with Crippen molar-refractivity contribution in [3.8, 4) is 17.6 Å². The minimum absolute atomic E-state index is 0.344. The second-order valence-electron chi connectivity index (χ2n) is 4.04. The van der Waals surface area contributed by atoms with Crippen molar-refractivity contribution in [2.45, 2.75) is 0 Å². The van der Waals surface area contributed by atoms with E-state index in [1.165, 1.54) is 6.20 Å². The summed E-state index contributed by atoms with van der Waals surface area (Å²) in [6, 6.07) is 12.5. The maximum absolute atomic E-state index is 8.71. The molecule has 1 aromatic carbocycles.